The molecule has 9 heteroatoms. The van der Waals surface area contributed by atoms with Crippen molar-refractivity contribution < 1.29 is 9.18 Å². The van der Waals surface area contributed by atoms with E-state index in [9.17, 15) is 9.18 Å². The van der Waals surface area contributed by atoms with Crippen LogP contribution in [0.1, 0.15) is 18.1 Å². The second-order valence-corrected chi connectivity index (χ2v) is 8.12. The molecule has 3 aromatic carbocycles. The Hall–Kier alpha value is -4.53. The second kappa shape index (κ2) is 10.6. The van der Waals surface area contributed by atoms with Gasteiger partial charge in [-0.2, -0.15) is 15.0 Å². The van der Waals surface area contributed by atoms with Gasteiger partial charge in [0.1, 0.15) is 11.9 Å². The van der Waals surface area contributed by atoms with Gasteiger partial charge in [-0.05, 0) is 57.2 Å². The molecule has 0 saturated heterocycles. The number of hydrogen-bond donors (Lipinski definition) is 4. The molecule has 0 aliphatic rings. The molecule has 0 bridgehead atoms. The molecule has 8 nitrogen and oxygen atoms in total. The zero-order chi connectivity index (χ0) is 24.8. The molecule has 4 rings (SSSR count). The highest BCUT2D eigenvalue weighted by Gasteiger charge is 2.17. The van der Waals surface area contributed by atoms with Crippen molar-refractivity contribution in [2.24, 2.45) is 0 Å². The van der Waals surface area contributed by atoms with E-state index < -0.39 is 17.8 Å². The number of para-hydroxylation sites is 1. The predicted molar refractivity (Wildman–Crippen MR) is 137 cm³/mol. The monoisotopic (exact) mass is 471 g/mol. The van der Waals surface area contributed by atoms with Gasteiger partial charge in [0.25, 0.3) is 0 Å². The van der Waals surface area contributed by atoms with Gasteiger partial charge in [-0.25, -0.2) is 4.39 Å². The third-order valence-electron chi connectivity index (χ3n) is 5.12. The van der Waals surface area contributed by atoms with Crippen LogP contribution in [-0.2, 0) is 4.79 Å². The van der Waals surface area contributed by atoms with Crippen LogP contribution >= 0.6 is 0 Å². The SMILES string of the molecule is Cc1ccc(Nc2nc(Nc3ccc(C)cc3)nc(N[C@@H](C)C(=O)Nc3ccccc3F)n2)cc1. The van der Waals surface area contributed by atoms with E-state index in [4.69, 9.17) is 0 Å². The molecule has 0 aliphatic heterocycles. The summed E-state index contributed by atoms with van der Waals surface area (Å²) >= 11 is 0. The lowest BCUT2D eigenvalue weighted by Gasteiger charge is -2.16. The van der Waals surface area contributed by atoms with Crippen molar-refractivity contribution >= 4 is 40.8 Å². The van der Waals surface area contributed by atoms with Gasteiger partial charge in [0, 0.05) is 11.4 Å². The summed E-state index contributed by atoms with van der Waals surface area (Å²) in [5, 5.41) is 11.9. The van der Waals surface area contributed by atoms with Gasteiger partial charge in [-0.1, -0.05) is 47.5 Å². The lowest BCUT2D eigenvalue weighted by molar-refractivity contribution is -0.116. The van der Waals surface area contributed by atoms with E-state index in [0.717, 1.165) is 22.5 Å². The van der Waals surface area contributed by atoms with E-state index in [2.05, 4.69) is 36.2 Å². The van der Waals surface area contributed by atoms with Crippen LogP contribution in [0.5, 0.6) is 0 Å². The van der Waals surface area contributed by atoms with Crippen molar-refractivity contribution in [3.05, 3.63) is 89.7 Å². The van der Waals surface area contributed by atoms with Gasteiger partial charge in [0.15, 0.2) is 0 Å². The van der Waals surface area contributed by atoms with E-state index in [1.807, 2.05) is 62.4 Å². The number of aryl methyl sites for hydroxylation is 2. The molecular weight excluding hydrogens is 445 g/mol. The van der Waals surface area contributed by atoms with Crippen molar-refractivity contribution in [2.75, 3.05) is 21.3 Å². The van der Waals surface area contributed by atoms with Gasteiger partial charge < -0.3 is 21.3 Å². The van der Waals surface area contributed by atoms with E-state index in [0.29, 0.717) is 11.9 Å². The van der Waals surface area contributed by atoms with Crippen molar-refractivity contribution in [1.29, 1.82) is 0 Å². The third kappa shape index (κ3) is 6.50. The number of hydrogen-bond acceptors (Lipinski definition) is 7. The summed E-state index contributed by atoms with van der Waals surface area (Å²) in [6, 6.07) is 20.8. The van der Waals surface area contributed by atoms with E-state index in [-0.39, 0.29) is 11.6 Å². The van der Waals surface area contributed by atoms with E-state index >= 15 is 0 Å². The summed E-state index contributed by atoms with van der Waals surface area (Å²) in [6.07, 6.45) is 0. The molecule has 1 atom stereocenters. The molecule has 0 spiro atoms. The maximum atomic E-state index is 13.9. The largest absolute Gasteiger partial charge is 0.342 e. The van der Waals surface area contributed by atoms with Gasteiger partial charge in [0.05, 0.1) is 5.69 Å². The molecule has 1 amide bonds. The Morgan fingerprint density at radius 2 is 1.23 bits per heavy atom. The Kier molecular flexibility index (Phi) is 7.15. The van der Waals surface area contributed by atoms with Crippen molar-refractivity contribution in [3.8, 4) is 0 Å². The molecule has 1 heterocycles. The number of rotatable bonds is 8. The fraction of sp³-hybridized carbons (Fsp3) is 0.154. The maximum absolute atomic E-state index is 13.9. The highest BCUT2D eigenvalue weighted by Crippen LogP contribution is 2.20. The molecular formula is C26H26FN7O. The Morgan fingerprint density at radius 1 is 0.743 bits per heavy atom. The number of benzene rings is 3. The normalized spacial score (nSPS) is 11.4. The first-order valence-electron chi connectivity index (χ1n) is 11.1. The molecule has 0 aliphatic carbocycles. The first-order chi connectivity index (χ1) is 16.9. The van der Waals surface area contributed by atoms with Crippen LogP contribution in [0.15, 0.2) is 72.8 Å². The van der Waals surface area contributed by atoms with Gasteiger partial charge >= 0.3 is 0 Å². The molecule has 0 unspecified atom stereocenters. The lowest BCUT2D eigenvalue weighted by atomic mass is 10.2. The minimum absolute atomic E-state index is 0.102. The summed E-state index contributed by atoms with van der Waals surface area (Å²) in [5.74, 6) is -0.176. The Labute approximate surface area is 203 Å². The van der Waals surface area contributed by atoms with Crippen LogP contribution in [0.2, 0.25) is 0 Å². The molecule has 0 radical (unpaired) electrons. The number of aromatic nitrogens is 3. The summed E-state index contributed by atoms with van der Waals surface area (Å²) in [4.78, 5) is 25.9. The molecule has 0 saturated carbocycles. The molecule has 35 heavy (non-hydrogen) atoms. The summed E-state index contributed by atoms with van der Waals surface area (Å²) in [7, 11) is 0. The van der Waals surface area contributed by atoms with Crippen molar-refractivity contribution in [1.82, 2.24) is 15.0 Å². The average Bonchev–Trinajstić information content (AvgIpc) is 2.83. The van der Waals surface area contributed by atoms with Gasteiger partial charge in [-0.15, -0.1) is 0 Å². The summed E-state index contributed by atoms with van der Waals surface area (Å²) < 4.78 is 13.9. The number of carbonyl (C=O) groups excluding carboxylic acids is 1. The van der Waals surface area contributed by atoms with Crippen LogP contribution in [0.4, 0.5) is 39.3 Å². The highest BCUT2D eigenvalue weighted by atomic mass is 19.1. The average molecular weight is 472 g/mol. The first-order valence-corrected chi connectivity index (χ1v) is 11.1. The van der Waals surface area contributed by atoms with Crippen molar-refractivity contribution in [2.45, 2.75) is 26.8 Å². The van der Waals surface area contributed by atoms with Crippen LogP contribution in [0, 0.1) is 19.7 Å². The second-order valence-electron chi connectivity index (χ2n) is 8.12. The molecule has 1 aromatic heterocycles. The van der Waals surface area contributed by atoms with Crippen LogP contribution in [-0.4, -0.2) is 26.9 Å². The fourth-order valence-corrected chi connectivity index (χ4v) is 3.15. The fourth-order valence-electron chi connectivity index (χ4n) is 3.15. The Balaban J connectivity index is 1.56. The number of nitrogens with zero attached hydrogens (tertiary/aromatic N) is 3. The van der Waals surface area contributed by atoms with Crippen molar-refractivity contribution in [3.63, 3.8) is 0 Å². The minimum atomic E-state index is -0.753. The number of anilines is 6. The molecule has 4 aromatic rings. The number of nitrogens with one attached hydrogen (secondary N) is 4. The summed E-state index contributed by atoms with van der Waals surface area (Å²) in [5.41, 5.74) is 3.97. The quantitative estimate of drug-likeness (QED) is 0.267. The molecule has 4 N–H and O–H groups in total. The van der Waals surface area contributed by atoms with E-state index in [1.54, 1.807) is 19.1 Å². The lowest BCUT2D eigenvalue weighted by Crippen LogP contribution is -2.33. The maximum Gasteiger partial charge on any atom is 0.246 e. The summed E-state index contributed by atoms with van der Waals surface area (Å²) in [6.45, 7) is 5.65. The van der Waals surface area contributed by atoms with Crippen LogP contribution < -0.4 is 21.3 Å². The first kappa shape index (κ1) is 23.6. The minimum Gasteiger partial charge on any atom is -0.342 e. The Bertz CT molecular complexity index is 1240. The highest BCUT2D eigenvalue weighted by molar-refractivity contribution is 5.96. The molecule has 0 fully saturated rings. The Morgan fingerprint density at radius 3 is 1.74 bits per heavy atom. The van der Waals surface area contributed by atoms with E-state index in [1.165, 1.54) is 12.1 Å². The number of carbonyl (C=O) groups is 1. The standard InChI is InChI=1S/C26H26FN7O/c1-16-8-12-19(13-9-16)29-25-32-24(33-26(34-25)30-20-14-10-17(2)11-15-20)28-18(3)23(35)31-22-7-5-4-6-21(22)27/h4-15,18H,1-3H3,(H,31,35)(H3,28,29,30,32,33,34)/t18-/m0/s1. The van der Waals surface area contributed by atoms with Crippen LogP contribution in [0.3, 0.4) is 0 Å². The third-order valence-corrected chi connectivity index (χ3v) is 5.12. The van der Waals surface area contributed by atoms with Gasteiger partial charge in [0.2, 0.25) is 23.8 Å². The zero-order valence-corrected chi connectivity index (χ0v) is 19.6. The van der Waals surface area contributed by atoms with Gasteiger partial charge in [-0.3, -0.25) is 4.79 Å². The predicted octanol–water partition coefficient (Wildman–Crippen LogP) is 5.55. The number of amides is 1. The smallest absolute Gasteiger partial charge is 0.246 e. The zero-order valence-electron chi connectivity index (χ0n) is 19.6. The van der Waals surface area contributed by atoms with Crippen LogP contribution in [0.25, 0.3) is 0 Å². The number of halogens is 1. The molecule has 178 valence electrons. The topological polar surface area (TPSA) is 104 Å².